The van der Waals surface area contributed by atoms with Crippen LogP contribution >= 0.6 is 0 Å². The molecule has 1 heterocycles. The lowest BCUT2D eigenvalue weighted by Crippen LogP contribution is -2.21. The number of methoxy groups -OCH3 is 2. The van der Waals surface area contributed by atoms with Crippen LogP contribution in [0.4, 0.5) is 0 Å². The second-order valence-electron chi connectivity index (χ2n) is 7.07. The van der Waals surface area contributed by atoms with Crippen molar-refractivity contribution in [3.63, 3.8) is 0 Å². The van der Waals surface area contributed by atoms with Crippen molar-refractivity contribution in [1.29, 1.82) is 0 Å². The Morgan fingerprint density at radius 2 is 1.54 bits per heavy atom. The highest BCUT2D eigenvalue weighted by molar-refractivity contribution is 5.55. The summed E-state index contributed by atoms with van der Waals surface area (Å²) in [6, 6.07) is 19.6. The summed E-state index contributed by atoms with van der Waals surface area (Å²) in [5.41, 5.74) is 4.43. The molecule has 4 rings (SSSR count). The lowest BCUT2D eigenvalue weighted by atomic mass is 9.81. The van der Waals surface area contributed by atoms with Gasteiger partial charge in [0.25, 0.3) is 0 Å². The zero-order valence-electron chi connectivity index (χ0n) is 16.3. The summed E-state index contributed by atoms with van der Waals surface area (Å²) in [4.78, 5) is 0. The molecule has 0 spiro atoms. The Morgan fingerprint density at radius 1 is 0.857 bits per heavy atom. The molecule has 1 aliphatic heterocycles. The first-order chi connectivity index (χ1) is 13.6. The Balaban J connectivity index is 1.80. The predicted octanol–water partition coefficient (Wildman–Crippen LogP) is 5.37. The van der Waals surface area contributed by atoms with Gasteiger partial charge in [0.15, 0.2) is 0 Å². The van der Waals surface area contributed by atoms with Crippen LogP contribution in [0.2, 0.25) is 0 Å². The van der Waals surface area contributed by atoms with E-state index < -0.39 is 0 Å². The maximum atomic E-state index is 9.64. The molecule has 0 amide bonds. The maximum absolute atomic E-state index is 9.64. The molecule has 0 aromatic heterocycles. The minimum absolute atomic E-state index is 0.106. The van der Waals surface area contributed by atoms with Crippen LogP contribution in [0, 0.1) is 6.92 Å². The largest absolute Gasteiger partial charge is 0.508 e. The molecular weight excluding hydrogens is 352 g/mol. The average molecular weight is 376 g/mol. The number of aromatic hydroxyl groups is 1. The van der Waals surface area contributed by atoms with Crippen LogP contribution in [0.25, 0.3) is 0 Å². The fourth-order valence-corrected chi connectivity index (χ4v) is 3.92. The number of rotatable bonds is 4. The Hall–Kier alpha value is -3.14. The lowest BCUT2D eigenvalue weighted by molar-refractivity contribution is 0.165. The van der Waals surface area contributed by atoms with Crippen molar-refractivity contribution in [2.24, 2.45) is 0 Å². The summed E-state index contributed by atoms with van der Waals surface area (Å²) in [5.74, 6) is 2.99. The smallest absolute Gasteiger partial charge is 0.130 e. The van der Waals surface area contributed by atoms with Crippen LogP contribution in [-0.4, -0.2) is 19.3 Å². The van der Waals surface area contributed by atoms with Gasteiger partial charge in [-0.25, -0.2) is 0 Å². The third kappa shape index (κ3) is 3.26. The first-order valence-corrected chi connectivity index (χ1v) is 9.37. The van der Waals surface area contributed by atoms with Crippen molar-refractivity contribution >= 4 is 0 Å². The fourth-order valence-electron chi connectivity index (χ4n) is 3.92. The van der Waals surface area contributed by atoms with Crippen molar-refractivity contribution in [2.45, 2.75) is 25.4 Å². The molecule has 2 unspecified atom stereocenters. The second kappa shape index (κ2) is 7.47. The third-order valence-electron chi connectivity index (χ3n) is 5.47. The van der Waals surface area contributed by atoms with E-state index >= 15 is 0 Å². The molecule has 3 aromatic rings. The maximum Gasteiger partial charge on any atom is 0.130 e. The molecule has 4 nitrogen and oxygen atoms in total. The van der Waals surface area contributed by atoms with Gasteiger partial charge < -0.3 is 19.3 Å². The SMILES string of the molecule is COc1ccc(C2CC(c3ccc(O)cc3)Oc3c2ccc(OC)c3C)cc1. The van der Waals surface area contributed by atoms with Gasteiger partial charge >= 0.3 is 0 Å². The van der Waals surface area contributed by atoms with Crippen molar-refractivity contribution in [3.05, 3.63) is 82.9 Å². The number of ether oxygens (including phenoxy) is 3. The van der Waals surface area contributed by atoms with Crippen molar-refractivity contribution in [2.75, 3.05) is 14.2 Å². The number of fused-ring (bicyclic) bond motifs is 1. The zero-order valence-corrected chi connectivity index (χ0v) is 16.3. The van der Waals surface area contributed by atoms with Crippen LogP contribution in [-0.2, 0) is 0 Å². The average Bonchev–Trinajstić information content (AvgIpc) is 2.74. The molecule has 2 atom stereocenters. The summed E-state index contributed by atoms with van der Waals surface area (Å²) in [6.07, 6.45) is 0.710. The first kappa shape index (κ1) is 18.2. The van der Waals surface area contributed by atoms with E-state index in [1.54, 1.807) is 26.4 Å². The first-order valence-electron chi connectivity index (χ1n) is 9.37. The molecule has 4 heteroatoms. The highest BCUT2D eigenvalue weighted by Crippen LogP contribution is 2.48. The van der Waals surface area contributed by atoms with Gasteiger partial charge in [-0.3, -0.25) is 0 Å². The van der Waals surface area contributed by atoms with E-state index in [1.807, 2.05) is 37.3 Å². The van der Waals surface area contributed by atoms with Gasteiger partial charge in [-0.05, 0) is 54.8 Å². The van der Waals surface area contributed by atoms with Crippen LogP contribution in [0.3, 0.4) is 0 Å². The van der Waals surface area contributed by atoms with Crippen LogP contribution in [0.15, 0.2) is 60.7 Å². The van der Waals surface area contributed by atoms with Gasteiger partial charge in [-0.15, -0.1) is 0 Å². The Kier molecular flexibility index (Phi) is 4.86. The number of hydrogen-bond donors (Lipinski definition) is 1. The molecule has 0 fully saturated rings. The highest BCUT2D eigenvalue weighted by Gasteiger charge is 2.32. The summed E-state index contributed by atoms with van der Waals surface area (Å²) in [7, 11) is 3.35. The summed E-state index contributed by atoms with van der Waals surface area (Å²) in [6.45, 7) is 2.03. The number of hydrogen-bond acceptors (Lipinski definition) is 4. The van der Waals surface area contributed by atoms with Gasteiger partial charge in [0.05, 0.1) is 14.2 Å². The summed E-state index contributed by atoms with van der Waals surface area (Å²) in [5, 5.41) is 9.64. The van der Waals surface area contributed by atoms with Crippen molar-refractivity contribution in [3.8, 4) is 23.0 Å². The normalized spacial score (nSPS) is 18.1. The van der Waals surface area contributed by atoms with Crippen LogP contribution in [0.1, 0.15) is 40.7 Å². The number of phenols is 1. The zero-order chi connectivity index (χ0) is 19.7. The predicted molar refractivity (Wildman–Crippen MR) is 109 cm³/mol. The molecule has 0 saturated heterocycles. The third-order valence-corrected chi connectivity index (χ3v) is 5.47. The van der Waals surface area contributed by atoms with Gasteiger partial charge in [0.1, 0.15) is 29.1 Å². The van der Waals surface area contributed by atoms with E-state index in [-0.39, 0.29) is 17.8 Å². The summed E-state index contributed by atoms with van der Waals surface area (Å²) >= 11 is 0. The van der Waals surface area contributed by atoms with Crippen LogP contribution in [0.5, 0.6) is 23.0 Å². The van der Waals surface area contributed by atoms with E-state index in [0.29, 0.717) is 0 Å². The molecular formula is C24H24O4. The summed E-state index contributed by atoms with van der Waals surface area (Å²) < 4.78 is 17.3. The van der Waals surface area contributed by atoms with E-state index in [9.17, 15) is 5.11 Å². The lowest BCUT2D eigenvalue weighted by Gasteiger charge is -2.34. The Morgan fingerprint density at radius 3 is 2.18 bits per heavy atom. The molecule has 28 heavy (non-hydrogen) atoms. The molecule has 0 bridgehead atoms. The standard InChI is InChI=1S/C24H24O4/c1-15-22(27-3)13-12-20-21(16-6-10-19(26-2)11-7-16)14-23(28-24(15)20)17-4-8-18(25)9-5-17/h4-13,21,23,25H,14H2,1-3H3. The van der Waals surface area contributed by atoms with Gasteiger partial charge in [-0.2, -0.15) is 0 Å². The molecule has 1 N–H and O–H groups in total. The van der Waals surface area contributed by atoms with Gasteiger partial charge in [0.2, 0.25) is 0 Å². The minimum atomic E-state index is -0.106. The highest BCUT2D eigenvalue weighted by atomic mass is 16.5. The fraction of sp³-hybridized carbons (Fsp3) is 0.250. The van der Waals surface area contributed by atoms with Crippen molar-refractivity contribution in [1.82, 2.24) is 0 Å². The van der Waals surface area contributed by atoms with E-state index in [1.165, 1.54) is 11.1 Å². The molecule has 0 radical (unpaired) electrons. The number of benzene rings is 3. The van der Waals surface area contributed by atoms with Gasteiger partial charge in [-0.1, -0.05) is 30.3 Å². The molecule has 0 saturated carbocycles. The molecule has 144 valence electrons. The van der Waals surface area contributed by atoms with E-state index in [0.717, 1.165) is 34.8 Å². The number of phenolic OH excluding ortho intramolecular Hbond substituents is 1. The quantitative estimate of drug-likeness (QED) is 0.665. The van der Waals surface area contributed by atoms with Crippen molar-refractivity contribution < 1.29 is 19.3 Å². The Bertz CT molecular complexity index is 961. The molecule has 1 aliphatic rings. The van der Waals surface area contributed by atoms with Gasteiger partial charge in [0, 0.05) is 17.0 Å². The second-order valence-corrected chi connectivity index (χ2v) is 7.07. The van der Waals surface area contributed by atoms with E-state index in [2.05, 4.69) is 18.2 Å². The van der Waals surface area contributed by atoms with Crippen LogP contribution < -0.4 is 14.2 Å². The molecule has 3 aromatic carbocycles. The topological polar surface area (TPSA) is 47.9 Å². The molecule has 0 aliphatic carbocycles. The Labute approximate surface area is 165 Å². The van der Waals surface area contributed by atoms with E-state index in [4.69, 9.17) is 14.2 Å². The monoisotopic (exact) mass is 376 g/mol. The minimum Gasteiger partial charge on any atom is -0.508 e.